The molecule has 0 spiro atoms. The SMILES string of the molecule is CC(C)(COC(=O)c1ccccc1C(=O)NCCCN(CCCNC(=O)c1ccccc1C(=O)OCC(C)(C)c1ccccc1)CCCN(CCCNC(=O)c1ccccc1C(=O)OCC(C)(C)c1ccccc1)CCCNC(=O)c1ccccc1C(=O)OCC(C)(C)c1ccccc1)c1ccccc1. The van der Waals surface area contributed by atoms with Crippen LogP contribution in [-0.4, -0.2) is 149 Å². The molecule has 8 rings (SSSR count). The quantitative estimate of drug-likeness (QED) is 0.0159. The monoisotopic (exact) mass is 1420 g/mol. The molecule has 0 heterocycles. The highest BCUT2D eigenvalue weighted by atomic mass is 16.5. The molecular formula is C87H102N6O12. The van der Waals surface area contributed by atoms with Crippen LogP contribution in [0.25, 0.3) is 0 Å². The summed E-state index contributed by atoms with van der Waals surface area (Å²) >= 11 is 0. The van der Waals surface area contributed by atoms with E-state index in [-0.39, 0.29) is 97.1 Å². The van der Waals surface area contributed by atoms with Gasteiger partial charge in [0.15, 0.2) is 0 Å². The number of carbonyl (C=O) groups excluding carboxylic acids is 8. The first-order valence-electron chi connectivity index (χ1n) is 36.3. The molecule has 0 fully saturated rings. The van der Waals surface area contributed by atoms with Crippen LogP contribution in [0, 0.1) is 0 Å². The predicted molar refractivity (Wildman–Crippen MR) is 410 cm³/mol. The van der Waals surface area contributed by atoms with Gasteiger partial charge in [-0.3, -0.25) is 19.2 Å². The van der Waals surface area contributed by atoms with Gasteiger partial charge in [0, 0.05) is 47.8 Å². The minimum Gasteiger partial charge on any atom is -0.461 e. The van der Waals surface area contributed by atoms with E-state index in [0.29, 0.717) is 71.4 Å². The van der Waals surface area contributed by atoms with Crippen LogP contribution in [0.5, 0.6) is 0 Å². The fraction of sp³-hybridized carbons (Fsp3) is 0.356. The molecule has 0 aromatic heterocycles. The summed E-state index contributed by atoms with van der Waals surface area (Å²) in [4.78, 5) is 115. The number of amides is 4. The molecule has 0 aliphatic rings. The summed E-state index contributed by atoms with van der Waals surface area (Å²) in [7, 11) is 0. The summed E-state index contributed by atoms with van der Waals surface area (Å²) in [6.07, 6.45) is 2.82. The lowest BCUT2D eigenvalue weighted by molar-refractivity contribution is 0.0417. The second kappa shape index (κ2) is 39.4. The molecule has 552 valence electrons. The van der Waals surface area contributed by atoms with Crippen molar-refractivity contribution in [2.75, 3.05) is 91.9 Å². The fourth-order valence-electron chi connectivity index (χ4n) is 12.2. The second-order valence-corrected chi connectivity index (χ2v) is 29.0. The molecule has 0 saturated heterocycles. The van der Waals surface area contributed by atoms with Crippen LogP contribution in [-0.2, 0) is 40.6 Å². The number of nitrogens with one attached hydrogen (secondary N) is 4. The van der Waals surface area contributed by atoms with E-state index in [1.807, 2.05) is 177 Å². The third-order valence-electron chi connectivity index (χ3n) is 18.7. The van der Waals surface area contributed by atoms with E-state index < -0.39 is 69.2 Å². The normalized spacial score (nSPS) is 11.7. The molecule has 0 aliphatic heterocycles. The third kappa shape index (κ3) is 24.3. The van der Waals surface area contributed by atoms with Crippen LogP contribution < -0.4 is 21.3 Å². The zero-order chi connectivity index (χ0) is 75.2. The Morgan fingerprint density at radius 1 is 0.248 bits per heavy atom. The molecule has 0 radical (unpaired) electrons. The number of carbonyl (C=O) groups is 8. The van der Waals surface area contributed by atoms with Gasteiger partial charge in [0.1, 0.15) is 26.4 Å². The van der Waals surface area contributed by atoms with E-state index in [1.165, 1.54) is 0 Å². The summed E-state index contributed by atoms with van der Waals surface area (Å²) in [5.74, 6) is -4.06. The van der Waals surface area contributed by atoms with Crippen molar-refractivity contribution in [3.8, 4) is 0 Å². The van der Waals surface area contributed by atoms with Crippen LogP contribution >= 0.6 is 0 Å². The fourth-order valence-corrected chi connectivity index (χ4v) is 12.2. The Bertz CT molecular complexity index is 3640. The van der Waals surface area contributed by atoms with E-state index >= 15 is 0 Å². The molecule has 0 bridgehead atoms. The minimum atomic E-state index is -0.600. The van der Waals surface area contributed by atoms with Crippen molar-refractivity contribution in [3.63, 3.8) is 0 Å². The van der Waals surface area contributed by atoms with Crippen molar-refractivity contribution in [3.05, 3.63) is 285 Å². The van der Waals surface area contributed by atoms with Gasteiger partial charge in [-0.15, -0.1) is 0 Å². The van der Waals surface area contributed by atoms with Crippen LogP contribution in [0.1, 0.15) is 193 Å². The summed E-state index contributed by atoms with van der Waals surface area (Å²) < 4.78 is 23.3. The molecule has 0 saturated carbocycles. The summed E-state index contributed by atoms with van der Waals surface area (Å²) in [6.45, 7) is 20.9. The van der Waals surface area contributed by atoms with Crippen LogP contribution in [0.4, 0.5) is 0 Å². The van der Waals surface area contributed by atoms with Gasteiger partial charge in [-0.1, -0.05) is 225 Å². The first-order valence-corrected chi connectivity index (χ1v) is 36.3. The Morgan fingerprint density at radius 3 is 0.619 bits per heavy atom. The molecule has 18 nitrogen and oxygen atoms in total. The molecule has 4 amide bonds. The standard InChI is InChI=1S/C87H102N6O12/c1-84(2,64-34-13-9-14-35-64)60-102-80(98)72-46-25-21-42-68(72)76(94)88-50-29-54-92(55-30-51-89-77(95)69-43-22-26-47-73(69)81(99)103-61-85(3,4)65-36-15-10-16-37-65)58-33-59-93(56-31-52-90-78(96)70-44-23-27-48-74(70)82(100)104-62-86(5,6)66-38-17-11-18-39-66)57-32-53-91-79(97)71-45-24-28-49-75(71)83(101)105-63-87(7,8)67-40-19-12-20-41-67/h9-28,34-49H,29-33,50-63H2,1-8H3,(H,88,94)(H,89,95)(H,90,96)(H,91,97). The van der Waals surface area contributed by atoms with Crippen molar-refractivity contribution in [2.45, 2.75) is 109 Å². The second-order valence-electron chi connectivity index (χ2n) is 29.0. The highest BCUT2D eigenvalue weighted by Gasteiger charge is 2.30. The van der Waals surface area contributed by atoms with Crippen molar-refractivity contribution < 1.29 is 57.3 Å². The highest BCUT2D eigenvalue weighted by molar-refractivity contribution is 6.07. The molecule has 0 atom stereocenters. The Morgan fingerprint density at radius 2 is 0.419 bits per heavy atom. The van der Waals surface area contributed by atoms with Gasteiger partial charge >= 0.3 is 23.9 Å². The van der Waals surface area contributed by atoms with E-state index in [0.717, 1.165) is 22.3 Å². The average molecular weight is 1420 g/mol. The topological polar surface area (TPSA) is 228 Å². The lowest BCUT2D eigenvalue weighted by Crippen LogP contribution is -2.37. The van der Waals surface area contributed by atoms with Crippen molar-refractivity contribution in [2.24, 2.45) is 0 Å². The predicted octanol–water partition coefficient (Wildman–Crippen LogP) is 13.8. The van der Waals surface area contributed by atoms with Gasteiger partial charge < -0.3 is 50.0 Å². The van der Waals surface area contributed by atoms with E-state index in [2.05, 4.69) is 31.1 Å². The lowest BCUT2D eigenvalue weighted by Gasteiger charge is -2.26. The van der Waals surface area contributed by atoms with Crippen molar-refractivity contribution >= 4 is 47.5 Å². The first-order chi connectivity index (χ1) is 50.4. The maximum absolute atomic E-state index is 13.9. The lowest BCUT2D eigenvalue weighted by atomic mass is 9.85. The van der Waals surface area contributed by atoms with Gasteiger partial charge in [0.05, 0.1) is 44.5 Å². The van der Waals surface area contributed by atoms with Crippen LogP contribution in [0.2, 0.25) is 0 Å². The van der Waals surface area contributed by atoms with Gasteiger partial charge in [0.2, 0.25) is 0 Å². The van der Waals surface area contributed by atoms with Gasteiger partial charge in [-0.25, -0.2) is 19.2 Å². The first kappa shape index (κ1) is 80.1. The summed E-state index contributed by atoms with van der Waals surface area (Å²) in [5.41, 5.74) is 3.58. The van der Waals surface area contributed by atoms with Crippen molar-refractivity contribution in [1.82, 2.24) is 31.1 Å². The zero-order valence-electron chi connectivity index (χ0n) is 62.0. The number of ether oxygens (including phenoxy) is 4. The Kier molecular flexibility index (Phi) is 30.0. The van der Waals surface area contributed by atoms with E-state index in [9.17, 15) is 38.4 Å². The molecular weight excluding hydrogens is 1320 g/mol. The Labute approximate surface area is 619 Å². The van der Waals surface area contributed by atoms with E-state index in [4.69, 9.17) is 18.9 Å². The molecule has 0 unspecified atom stereocenters. The number of hydrogen-bond acceptors (Lipinski definition) is 14. The number of nitrogens with zero attached hydrogens (tertiary/aromatic N) is 2. The summed E-state index contributed by atoms with van der Waals surface area (Å²) in [5, 5.41) is 12.1. The molecule has 8 aromatic rings. The third-order valence-corrected chi connectivity index (χ3v) is 18.7. The Balaban J connectivity index is 0.923. The number of hydrogen-bond donors (Lipinski definition) is 4. The molecule has 18 heteroatoms. The summed E-state index contributed by atoms with van der Waals surface area (Å²) in [6, 6.07) is 65.5. The van der Waals surface area contributed by atoms with Crippen LogP contribution in [0.15, 0.2) is 218 Å². The number of esters is 4. The number of rotatable bonds is 40. The largest absolute Gasteiger partial charge is 0.461 e. The molecule has 4 N–H and O–H groups in total. The Hall–Kier alpha value is -10.6. The number of benzene rings is 8. The van der Waals surface area contributed by atoms with Gasteiger partial charge in [-0.2, -0.15) is 0 Å². The molecule has 0 aliphatic carbocycles. The zero-order valence-corrected chi connectivity index (χ0v) is 62.0. The highest BCUT2D eigenvalue weighted by Crippen LogP contribution is 2.29. The smallest absolute Gasteiger partial charge is 0.338 e. The minimum absolute atomic E-state index is 0.104. The maximum atomic E-state index is 13.9. The van der Waals surface area contributed by atoms with Gasteiger partial charge in [-0.05, 0) is 142 Å². The van der Waals surface area contributed by atoms with E-state index in [1.54, 1.807) is 97.1 Å². The van der Waals surface area contributed by atoms with Gasteiger partial charge in [0.25, 0.3) is 23.6 Å². The van der Waals surface area contributed by atoms with Crippen LogP contribution in [0.3, 0.4) is 0 Å². The maximum Gasteiger partial charge on any atom is 0.338 e. The average Bonchev–Trinajstić information content (AvgIpc) is 0.843. The molecule has 8 aromatic carbocycles. The van der Waals surface area contributed by atoms with Crippen molar-refractivity contribution in [1.29, 1.82) is 0 Å². The molecule has 105 heavy (non-hydrogen) atoms.